The lowest BCUT2D eigenvalue weighted by atomic mass is 9.81. The van der Waals surface area contributed by atoms with Gasteiger partial charge in [0.2, 0.25) is 11.8 Å². The molecule has 5 heteroatoms. The first-order valence-corrected chi connectivity index (χ1v) is 8.19. The lowest BCUT2D eigenvalue weighted by Gasteiger charge is -2.29. The largest absolute Gasteiger partial charge is 0.356 e. The normalized spacial score (nSPS) is 22.5. The van der Waals surface area contributed by atoms with Crippen LogP contribution >= 0.6 is 0 Å². The summed E-state index contributed by atoms with van der Waals surface area (Å²) < 4.78 is 0. The van der Waals surface area contributed by atoms with Crippen LogP contribution in [0.4, 0.5) is 0 Å². The maximum Gasteiger partial charge on any atom is 0.228 e. The molecule has 0 aliphatic carbocycles. The Labute approximate surface area is 135 Å². The molecular formula is C17H33N3O2. The summed E-state index contributed by atoms with van der Waals surface area (Å²) in [6.45, 7) is 15.1. The van der Waals surface area contributed by atoms with Crippen LogP contribution in [0, 0.1) is 16.2 Å². The minimum Gasteiger partial charge on any atom is -0.356 e. The van der Waals surface area contributed by atoms with Crippen LogP contribution in [0.25, 0.3) is 0 Å². The molecule has 0 aromatic carbocycles. The Morgan fingerprint density at radius 2 is 1.55 bits per heavy atom. The Morgan fingerprint density at radius 1 is 1.00 bits per heavy atom. The summed E-state index contributed by atoms with van der Waals surface area (Å²) in [6, 6.07) is 0. The highest BCUT2D eigenvalue weighted by atomic mass is 16.2. The molecule has 1 fully saturated rings. The molecule has 1 unspecified atom stereocenters. The highest BCUT2D eigenvalue weighted by Gasteiger charge is 2.43. The molecule has 0 aromatic rings. The summed E-state index contributed by atoms with van der Waals surface area (Å²) in [7, 11) is 0. The summed E-state index contributed by atoms with van der Waals surface area (Å²) in [5.74, 6) is -0.0390. The lowest BCUT2D eigenvalue weighted by molar-refractivity contribution is -0.136. The van der Waals surface area contributed by atoms with Crippen molar-refractivity contribution in [3.05, 3.63) is 0 Å². The first-order valence-electron chi connectivity index (χ1n) is 8.19. The fourth-order valence-electron chi connectivity index (χ4n) is 2.44. The second kappa shape index (κ2) is 6.99. The van der Waals surface area contributed by atoms with E-state index >= 15 is 0 Å². The summed E-state index contributed by atoms with van der Waals surface area (Å²) >= 11 is 0. The van der Waals surface area contributed by atoms with E-state index in [1.54, 1.807) is 0 Å². The number of hydrogen-bond acceptors (Lipinski definition) is 3. The van der Waals surface area contributed by atoms with Gasteiger partial charge in [0.15, 0.2) is 0 Å². The van der Waals surface area contributed by atoms with Crippen molar-refractivity contribution >= 4 is 11.8 Å². The summed E-state index contributed by atoms with van der Waals surface area (Å²) in [6.07, 6.45) is 0.970. The maximum absolute atomic E-state index is 12.6. The van der Waals surface area contributed by atoms with Crippen LogP contribution in [0.3, 0.4) is 0 Å². The van der Waals surface area contributed by atoms with Gasteiger partial charge in [0.25, 0.3) is 0 Å². The third-order valence-corrected chi connectivity index (χ3v) is 3.82. The van der Waals surface area contributed by atoms with Crippen molar-refractivity contribution in [2.75, 3.05) is 26.2 Å². The van der Waals surface area contributed by atoms with Crippen LogP contribution in [0.2, 0.25) is 0 Å². The Balaban J connectivity index is 2.63. The van der Waals surface area contributed by atoms with Gasteiger partial charge in [0.05, 0.1) is 5.41 Å². The zero-order chi connectivity index (χ0) is 17.0. The molecule has 1 rings (SSSR count). The van der Waals surface area contributed by atoms with Gasteiger partial charge in [0, 0.05) is 26.1 Å². The fourth-order valence-corrected chi connectivity index (χ4v) is 2.44. The second-order valence-electron chi connectivity index (χ2n) is 8.96. The van der Waals surface area contributed by atoms with Crippen LogP contribution in [-0.4, -0.2) is 38.0 Å². The Bertz CT molecular complexity index is 399. The van der Waals surface area contributed by atoms with E-state index in [-0.39, 0.29) is 29.1 Å². The van der Waals surface area contributed by atoms with Gasteiger partial charge < -0.3 is 16.0 Å². The molecule has 1 aliphatic rings. The summed E-state index contributed by atoms with van der Waals surface area (Å²) in [5, 5.41) is 9.21. The average Bonchev–Trinajstić information content (AvgIpc) is 2.81. The Morgan fingerprint density at radius 3 is 2.00 bits per heavy atom. The predicted molar refractivity (Wildman–Crippen MR) is 89.5 cm³/mol. The van der Waals surface area contributed by atoms with Crippen molar-refractivity contribution in [2.45, 2.75) is 54.4 Å². The molecule has 1 heterocycles. The molecule has 5 nitrogen and oxygen atoms in total. The van der Waals surface area contributed by atoms with Crippen LogP contribution in [0.1, 0.15) is 54.4 Å². The summed E-state index contributed by atoms with van der Waals surface area (Å²) in [4.78, 5) is 24.9. The molecule has 1 saturated heterocycles. The molecule has 3 N–H and O–H groups in total. The molecule has 1 aliphatic heterocycles. The van der Waals surface area contributed by atoms with Gasteiger partial charge in [0.1, 0.15) is 0 Å². The molecule has 1 atom stereocenters. The highest BCUT2D eigenvalue weighted by molar-refractivity contribution is 5.89. The van der Waals surface area contributed by atoms with E-state index in [2.05, 4.69) is 57.5 Å². The lowest BCUT2D eigenvalue weighted by Crippen LogP contribution is -2.48. The molecule has 0 bridgehead atoms. The van der Waals surface area contributed by atoms with E-state index in [9.17, 15) is 9.59 Å². The molecule has 0 radical (unpaired) electrons. The van der Waals surface area contributed by atoms with Crippen molar-refractivity contribution in [1.82, 2.24) is 16.0 Å². The van der Waals surface area contributed by atoms with E-state index in [1.165, 1.54) is 0 Å². The third kappa shape index (κ3) is 6.34. The number of nitrogens with one attached hydrogen (secondary N) is 3. The van der Waals surface area contributed by atoms with E-state index < -0.39 is 5.41 Å². The van der Waals surface area contributed by atoms with Crippen LogP contribution in [-0.2, 0) is 9.59 Å². The molecule has 0 saturated carbocycles. The minimum absolute atomic E-state index is 0.00154. The quantitative estimate of drug-likeness (QED) is 0.723. The zero-order valence-corrected chi connectivity index (χ0v) is 15.1. The maximum atomic E-state index is 12.6. The van der Waals surface area contributed by atoms with Gasteiger partial charge in [-0.3, -0.25) is 9.59 Å². The molecular weight excluding hydrogens is 278 g/mol. The highest BCUT2D eigenvalue weighted by Crippen LogP contribution is 2.30. The van der Waals surface area contributed by atoms with E-state index in [1.807, 2.05) is 0 Å². The van der Waals surface area contributed by atoms with Gasteiger partial charge in [-0.25, -0.2) is 0 Å². The number of hydrogen-bond donors (Lipinski definition) is 3. The van der Waals surface area contributed by atoms with Crippen molar-refractivity contribution in [1.29, 1.82) is 0 Å². The third-order valence-electron chi connectivity index (χ3n) is 3.82. The van der Waals surface area contributed by atoms with Gasteiger partial charge in [-0.15, -0.1) is 0 Å². The number of carbonyl (C=O) groups excluding carboxylic acids is 2. The minimum atomic E-state index is -0.604. The van der Waals surface area contributed by atoms with E-state index in [4.69, 9.17) is 0 Å². The zero-order valence-electron chi connectivity index (χ0n) is 15.1. The summed E-state index contributed by atoms with van der Waals surface area (Å²) in [5.41, 5.74) is -0.518. The average molecular weight is 311 g/mol. The number of amides is 2. The topological polar surface area (TPSA) is 70.2 Å². The van der Waals surface area contributed by atoms with Crippen molar-refractivity contribution in [2.24, 2.45) is 16.2 Å². The van der Waals surface area contributed by atoms with Gasteiger partial charge in [-0.05, 0) is 23.8 Å². The fraction of sp³-hybridized carbons (Fsp3) is 0.882. The van der Waals surface area contributed by atoms with Crippen molar-refractivity contribution in [3.63, 3.8) is 0 Å². The Kier molecular flexibility index (Phi) is 6.02. The second-order valence-corrected chi connectivity index (χ2v) is 8.96. The number of rotatable bonds is 5. The smallest absolute Gasteiger partial charge is 0.228 e. The van der Waals surface area contributed by atoms with Crippen LogP contribution < -0.4 is 16.0 Å². The van der Waals surface area contributed by atoms with Crippen LogP contribution in [0.15, 0.2) is 0 Å². The van der Waals surface area contributed by atoms with Crippen molar-refractivity contribution in [3.8, 4) is 0 Å². The predicted octanol–water partition coefficient (Wildman–Crippen LogP) is 1.68. The van der Waals surface area contributed by atoms with Crippen molar-refractivity contribution < 1.29 is 9.59 Å². The SMILES string of the molecule is CC(C)(C)CNC(=O)CC1(C(=O)NCC(C)(C)C)CCNC1. The van der Waals surface area contributed by atoms with Crippen LogP contribution in [0.5, 0.6) is 0 Å². The molecule has 0 spiro atoms. The van der Waals surface area contributed by atoms with E-state index in [0.717, 1.165) is 6.54 Å². The first-order chi connectivity index (χ1) is 9.94. The van der Waals surface area contributed by atoms with Gasteiger partial charge in [-0.1, -0.05) is 41.5 Å². The standard InChI is InChI=1S/C17H33N3O2/c1-15(2,3)10-19-13(21)9-17(7-8-18-12-17)14(22)20-11-16(4,5)6/h18H,7-12H2,1-6H3,(H,19,21)(H,20,22). The van der Waals surface area contributed by atoms with Gasteiger partial charge in [-0.2, -0.15) is 0 Å². The molecule has 2 amide bonds. The molecule has 0 aromatic heterocycles. The monoisotopic (exact) mass is 311 g/mol. The van der Waals surface area contributed by atoms with E-state index in [0.29, 0.717) is 26.1 Å². The molecule has 22 heavy (non-hydrogen) atoms. The van der Waals surface area contributed by atoms with Gasteiger partial charge >= 0.3 is 0 Å². The Hall–Kier alpha value is -1.10. The number of carbonyl (C=O) groups is 2. The molecule has 128 valence electrons. The first kappa shape index (κ1) is 18.9.